The highest BCUT2D eigenvalue weighted by molar-refractivity contribution is 7.15. The van der Waals surface area contributed by atoms with E-state index in [4.69, 9.17) is 4.98 Å². The first-order chi connectivity index (χ1) is 10.2. The van der Waals surface area contributed by atoms with Gasteiger partial charge in [0, 0.05) is 17.0 Å². The molecule has 0 atom stereocenters. The van der Waals surface area contributed by atoms with Crippen molar-refractivity contribution in [3.05, 3.63) is 40.2 Å². The molecule has 2 nitrogen and oxygen atoms in total. The zero-order chi connectivity index (χ0) is 15.2. The van der Waals surface area contributed by atoms with E-state index in [-0.39, 0.29) is 5.82 Å². The molecule has 0 saturated carbocycles. The molecule has 0 radical (unpaired) electrons. The summed E-state index contributed by atoms with van der Waals surface area (Å²) in [5.74, 6) is -0.162. The van der Waals surface area contributed by atoms with Crippen molar-refractivity contribution in [2.45, 2.75) is 46.6 Å². The molecule has 1 aromatic heterocycles. The lowest BCUT2D eigenvalue weighted by Crippen LogP contribution is -2.13. The molecule has 114 valence electrons. The maximum Gasteiger partial charge on any atom is 0.126 e. The average molecular weight is 306 g/mol. The standard InChI is InChI=1S/C17H23FN2S/c1-4-6-15-16(11-19-9-5-2)21-17(20-15)13-8-7-12(3)14(18)10-13/h7-8,10,19H,4-6,9,11H2,1-3H3. The van der Waals surface area contributed by atoms with Crippen LogP contribution in [-0.4, -0.2) is 11.5 Å². The molecule has 4 heteroatoms. The van der Waals surface area contributed by atoms with Gasteiger partial charge in [-0.15, -0.1) is 11.3 Å². The van der Waals surface area contributed by atoms with Crippen LogP contribution in [0.15, 0.2) is 18.2 Å². The van der Waals surface area contributed by atoms with E-state index in [1.54, 1.807) is 24.3 Å². The fraction of sp³-hybridized carbons (Fsp3) is 0.471. The summed E-state index contributed by atoms with van der Waals surface area (Å²) in [5, 5.41) is 4.35. The minimum atomic E-state index is -0.162. The first-order valence-electron chi connectivity index (χ1n) is 7.61. The molecular formula is C17H23FN2S. The van der Waals surface area contributed by atoms with E-state index in [2.05, 4.69) is 19.2 Å². The van der Waals surface area contributed by atoms with Gasteiger partial charge < -0.3 is 5.32 Å². The monoisotopic (exact) mass is 306 g/mol. The number of hydrogen-bond acceptors (Lipinski definition) is 3. The molecule has 2 aromatic rings. The maximum absolute atomic E-state index is 13.7. The van der Waals surface area contributed by atoms with Crippen LogP contribution in [0.25, 0.3) is 10.6 Å². The number of thiazole rings is 1. The first-order valence-corrected chi connectivity index (χ1v) is 8.43. The van der Waals surface area contributed by atoms with Crippen LogP contribution in [0, 0.1) is 12.7 Å². The third-order valence-electron chi connectivity index (χ3n) is 3.40. The summed E-state index contributed by atoms with van der Waals surface area (Å²) in [6.45, 7) is 7.97. The third kappa shape index (κ3) is 4.11. The summed E-state index contributed by atoms with van der Waals surface area (Å²) >= 11 is 1.68. The number of rotatable bonds is 7. The molecule has 1 N–H and O–H groups in total. The minimum Gasteiger partial charge on any atom is -0.312 e. The number of halogens is 1. The van der Waals surface area contributed by atoms with Gasteiger partial charge in [0.25, 0.3) is 0 Å². The second kappa shape index (κ2) is 7.66. The van der Waals surface area contributed by atoms with E-state index < -0.39 is 0 Å². The number of nitrogens with one attached hydrogen (secondary N) is 1. The lowest BCUT2D eigenvalue weighted by atomic mass is 10.1. The van der Waals surface area contributed by atoms with Crippen molar-refractivity contribution in [3.8, 4) is 10.6 Å². The summed E-state index contributed by atoms with van der Waals surface area (Å²) in [4.78, 5) is 6.01. The lowest BCUT2D eigenvalue weighted by molar-refractivity contribution is 0.619. The average Bonchev–Trinajstić information content (AvgIpc) is 2.86. The summed E-state index contributed by atoms with van der Waals surface area (Å²) in [7, 11) is 0. The van der Waals surface area contributed by atoms with Crippen molar-refractivity contribution in [1.29, 1.82) is 0 Å². The number of hydrogen-bond donors (Lipinski definition) is 1. The van der Waals surface area contributed by atoms with Crippen LogP contribution in [0.3, 0.4) is 0 Å². The van der Waals surface area contributed by atoms with Crippen molar-refractivity contribution < 1.29 is 4.39 Å². The van der Waals surface area contributed by atoms with Gasteiger partial charge in [0.15, 0.2) is 0 Å². The van der Waals surface area contributed by atoms with Crippen LogP contribution in [0.5, 0.6) is 0 Å². The van der Waals surface area contributed by atoms with Gasteiger partial charge in [-0.1, -0.05) is 32.4 Å². The van der Waals surface area contributed by atoms with Gasteiger partial charge in [0.1, 0.15) is 10.8 Å². The van der Waals surface area contributed by atoms with Crippen LogP contribution < -0.4 is 5.32 Å². The normalized spacial score (nSPS) is 11.0. The van der Waals surface area contributed by atoms with E-state index in [0.717, 1.165) is 48.6 Å². The van der Waals surface area contributed by atoms with Crippen LogP contribution in [-0.2, 0) is 13.0 Å². The molecule has 0 amide bonds. The predicted octanol–water partition coefficient (Wildman–Crippen LogP) is 4.71. The van der Waals surface area contributed by atoms with Gasteiger partial charge in [-0.25, -0.2) is 9.37 Å². The highest BCUT2D eigenvalue weighted by Crippen LogP contribution is 2.30. The Morgan fingerprint density at radius 1 is 1.24 bits per heavy atom. The number of aromatic nitrogens is 1. The Bertz CT molecular complexity index is 592. The van der Waals surface area contributed by atoms with Gasteiger partial charge >= 0.3 is 0 Å². The largest absolute Gasteiger partial charge is 0.312 e. The first kappa shape index (κ1) is 16.1. The molecule has 0 aliphatic rings. The van der Waals surface area contributed by atoms with Gasteiger partial charge in [-0.05, 0) is 37.9 Å². The highest BCUT2D eigenvalue weighted by atomic mass is 32.1. The summed E-state index contributed by atoms with van der Waals surface area (Å²) < 4.78 is 13.7. The van der Waals surface area contributed by atoms with Crippen LogP contribution in [0.4, 0.5) is 4.39 Å². The maximum atomic E-state index is 13.7. The van der Waals surface area contributed by atoms with Crippen LogP contribution >= 0.6 is 11.3 Å². The van der Waals surface area contributed by atoms with E-state index in [1.165, 1.54) is 4.88 Å². The molecule has 0 unspecified atom stereocenters. The molecule has 0 aliphatic carbocycles. The number of benzene rings is 1. The molecule has 0 spiro atoms. The highest BCUT2D eigenvalue weighted by Gasteiger charge is 2.12. The quantitative estimate of drug-likeness (QED) is 0.749. The van der Waals surface area contributed by atoms with Crippen molar-refractivity contribution in [2.24, 2.45) is 0 Å². The SMILES string of the molecule is CCCNCc1sc(-c2ccc(C)c(F)c2)nc1CCC. The van der Waals surface area contributed by atoms with Crippen LogP contribution in [0.1, 0.15) is 42.8 Å². The fourth-order valence-corrected chi connectivity index (χ4v) is 3.26. The number of nitrogens with zero attached hydrogens (tertiary/aromatic N) is 1. The molecule has 0 fully saturated rings. The second-order valence-corrected chi connectivity index (χ2v) is 6.36. The lowest BCUT2D eigenvalue weighted by Gasteiger charge is -2.02. The Balaban J connectivity index is 2.26. The summed E-state index contributed by atoms with van der Waals surface area (Å²) in [6.07, 6.45) is 3.18. The van der Waals surface area contributed by atoms with Crippen molar-refractivity contribution >= 4 is 11.3 Å². The molecule has 2 rings (SSSR count). The molecule has 0 aliphatic heterocycles. The smallest absolute Gasteiger partial charge is 0.126 e. The van der Waals surface area contributed by atoms with Gasteiger partial charge in [-0.3, -0.25) is 0 Å². The van der Waals surface area contributed by atoms with E-state index >= 15 is 0 Å². The van der Waals surface area contributed by atoms with Gasteiger partial charge in [0.05, 0.1) is 5.69 Å². The minimum absolute atomic E-state index is 0.162. The Morgan fingerprint density at radius 2 is 2.05 bits per heavy atom. The number of aryl methyl sites for hydroxylation is 2. The Hall–Kier alpha value is -1.26. The molecular weight excluding hydrogens is 283 g/mol. The van der Waals surface area contributed by atoms with Crippen molar-refractivity contribution in [3.63, 3.8) is 0 Å². The fourth-order valence-electron chi connectivity index (χ4n) is 2.18. The van der Waals surface area contributed by atoms with Crippen LogP contribution in [0.2, 0.25) is 0 Å². The third-order valence-corrected chi connectivity index (χ3v) is 4.54. The molecule has 1 heterocycles. The van der Waals surface area contributed by atoms with E-state index in [1.807, 2.05) is 12.1 Å². The van der Waals surface area contributed by atoms with Gasteiger partial charge in [0.2, 0.25) is 0 Å². The molecule has 21 heavy (non-hydrogen) atoms. The van der Waals surface area contributed by atoms with Gasteiger partial charge in [-0.2, -0.15) is 0 Å². The molecule has 0 bridgehead atoms. The summed E-state index contributed by atoms with van der Waals surface area (Å²) in [6, 6.07) is 5.37. The Kier molecular flexibility index (Phi) is 5.88. The van der Waals surface area contributed by atoms with Crippen molar-refractivity contribution in [1.82, 2.24) is 10.3 Å². The van der Waals surface area contributed by atoms with E-state index in [0.29, 0.717) is 5.56 Å². The zero-order valence-corrected chi connectivity index (χ0v) is 13.8. The van der Waals surface area contributed by atoms with Crippen molar-refractivity contribution in [2.75, 3.05) is 6.54 Å². The summed E-state index contributed by atoms with van der Waals surface area (Å²) in [5.41, 5.74) is 2.71. The Morgan fingerprint density at radius 3 is 2.71 bits per heavy atom. The zero-order valence-electron chi connectivity index (χ0n) is 13.0. The van der Waals surface area contributed by atoms with E-state index in [9.17, 15) is 4.39 Å². The molecule has 1 aromatic carbocycles. The molecule has 0 saturated heterocycles. The Labute approximate surface area is 130 Å². The second-order valence-electron chi connectivity index (χ2n) is 5.28. The predicted molar refractivity (Wildman–Crippen MR) is 88.2 cm³/mol. The topological polar surface area (TPSA) is 24.9 Å².